The van der Waals surface area contributed by atoms with Crippen LogP contribution in [0.4, 0.5) is 0 Å². The van der Waals surface area contributed by atoms with E-state index < -0.39 is 0 Å². The molecule has 2 aliphatic heterocycles. The topological polar surface area (TPSA) is 79.0 Å². The number of furan rings is 1. The molecule has 2 aromatic heterocycles. The molecule has 1 fully saturated rings. The van der Waals surface area contributed by atoms with Gasteiger partial charge in [-0.2, -0.15) is 0 Å². The Morgan fingerprint density at radius 3 is 2.16 bits per heavy atom. The third-order valence-electron chi connectivity index (χ3n) is 6.47. The highest BCUT2D eigenvalue weighted by atomic mass is 16.3. The zero-order chi connectivity index (χ0) is 22.1. The van der Waals surface area contributed by atoms with Crippen LogP contribution in [0.3, 0.4) is 0 Å². The van der Waals surface area contributed by atoms with E-state index in [4.69, 9.17) is 4.42 Å². The first kappa shape index (κ1) is 21.4. The van der Waals surface area contributed by atoms with E-state index in [0.29, 0.717) is 56.2 Å². The van der Waals surface area contributed by atoms with Gasteiger partial charge in [0.25, 0.3) is 17.7 Å². The number of fused-ring (bicyclic) bond motifs is 1. The smallest absolute Gasteiger partial charge is 0.289 e. The summed E-state index contributed by atoms with van der Waals surface area (Å²) in [6.45, 7) is 10.4. The number of hydrogen-bond donors (Lipinski definition) is 0. The second kappa shape index (κ2) is 8.70. The van der Waals surface area contributed by atoms with E-state index in [2.05, 4.69) is 16.4 Å². The number of imide groups is 1. The molecule has 0 aliphatic carbocycles. The molecule has 8 nitrogen and oxygen atoms in total. The molecule has 2 aliphatic rings. The minimum Gasteiger partial charge on any atom is -0.459 e. The van der Waals surface area contributed by atoms with Crippen LogP contribution in [0.2, 0.25) is 0 Å². The molecule has 3 amide bonds. The Hall–Kier alpha value is -2.87. The summed E-state index contributed by atoms with van der Waals surface area (Å²) in [6.07, 6.45) is 3.59. The molecule has 4 rings (SSSR count). The Balaban J connectivity index is 1.34. The van der Waals surface area contributed by atoms with Crippen molar-refractivity contribution in [3.05, 3.63) is 46.7 Å². The van der Waals surface area contributed by atoms with E-state index in [1.54, 1.807) is 17.0 Å². The Morgan fingerprint density at radius 1 is 0.968 bits per heavy atom. The highest BCUT2D eigenvalue weighted by Crippen LogP contribution is 2.31. The summed E-state index contributed by atoms with van der Waals surface area (Å²) in [6, 6.07) is 3.38. The predicted molar refractivity (Wildman–Crippen MR) is 115 cm³/mol. The van der Waals surface area contributed by atoms with Gasteiger partial charge in [-0.25, -0.2) is 0 Å². The van der Waals surface area contributed by atoms with Gasteiger partial charge in [-0.15, -0.1) is 0 Å². The zero-order valence-electron chi connectivity index (χ0n) is 18.5. The van der Waals surface area contributed by atoms with Crippen LogP contribution in [0.5, 0.6) is 0 Å². The maximum Gasteiger partial charge on any atom is 0.289 e. The largest absolute Gasteiger partial charge is 0.459 e. The predicted octanol–water partition coefficient (Wildman–Crippen LogP) is 2.55. The highest BCUT2D eigenvalue weighted by Gasteiger charge is 2.41. The summed E-state index contributed by atoms with van der Waals surface area (Å²) in [4.78, 5) is 43.8. The molecule has 0 atom stereocenters. The van der Waals surface area contributed by atoms with Crippen LogP contribution in [0.15, 0.2) is 22.8 Å². The average Bonchev–Trinajstić information content (AvgIpc) is 3.45. The van der Waals surface area contributed by atoms with Gasteiger partial charge in [0, 0.05) is 57.2 Å². The molecule has 0 N–H and O–H groups in total. The molecule has 1 saturated heterocycles. The van der Waals surface area contributed by atoms with Gasteiger partial charge < -0.3 is 13.9 Å². The lowest BCUT2D eigenvalue weighted by Crippen LogP contribution is -2.50. The molecule has 0 spiro atoms. The number of hydrogen-bond acceptors (Lipinski definition) is 5. The molecule has 4 heterocycles. The number of amides is 3. The fourth-order valence-electron chi connectivity index (χ4n) is 4.60. The summed E-state index contributed by atoms with van der Waals surface area (Å²) >= 11 is 0. The zero-order valence-corrected chi connectivity index (χ0v) is 18.5. The van der Waals surface area contributed by atoms with E-state index in [9.17, 15) is 14.4 Å². The molecule has 2 aromatic rings. The Kier molecular flexibility index (Phi) is 6.00. The molecule has 166 valence electrons. The fourth-order valence-corrected chi connectivity index (χ4v) is 4.60. The number of carbonyl (C=O) groups is 3. The van der Waals surface area contributed by atoms with Gasteiger partial charge in [0.2, 0.25) is 0 Å². The Bertz CT molecular complexity index is 944. The first-order valence-electron chi connectivity index (χ1n) is 11.0. The molecule has 0 bridgehead atoms. The third-order valence-corrected chi connectivity index (χ3v) is 6.47. The molecule has 0 radical (unpaired) electrons. The normalized spacial score (nSPS) is 17.0. The standard InChI is InChI=1S/C23H30N4O4/c1-4-5-8-26-16(2)19-20(17(26)3)23(30)27(22(19)29)14-11-24-9-12-25(13-10-24)21(28)18-7-6-15-31-18/h6-7,15H,4-5,8-14H2,1-3H3. The van der Waals surface area contributed by atoms with Gasteiger partial charge in [0.1, 0.15) is 0 Å². The number of rotatable bonds is 7. The van der Waals surface area contributed by atoms with Crippen molar-refractivity contribution in [1.29, 1.82) is 0 Å². The van der Waals surface area contributed by atoms with Crippen molar-refractivity contribution in [3.8, 4) is 0 Å². The first-order chi connectivity index (χ1) is 14.9. The van der Waals surface area contributed by atoms with Crippen LogP contribution in [-0.4, -0.2) is 76.3 Å². The Morgan fingerprint density at radius 2 is 1.61 bits per heavy atom. The molecule has 0 aromatic carbocycles. The Labute approximate surface area is 182 Å². The first-order valence-corrected chi connectivity index (χ1v) is 11.0. The maximum atomic E-state index is 13.0. The monoisotopic (exact) mass is 426 g/mol. The minimum absolute atomic E-state index is 0.0974. The van der Waals surface area contributed by atoms with Crippen LogP contribution in [-0.2, 0) is 6.54 Å². The summed E-state index contributed by atoms with van der Waals surface area (Å²) < 4.78 is 7.31. The van der Waals surface area contributed by atoms with Gasteiger partial charge in [0.15, 0.2) is 5.76 Å². The van der Waals surface area contributed by atoms with Crippen molar-refractivity contribution in [2.75, 3.05) is 39.3 Å². The van der Waals surface area contributed by atoms with Crippen molar-refractivity contribution in [2.45, 2.75) is 40.2 Å². The van der Waals surface area contributed by atoms with Crippen LogP contribution in [0, 0.1) is 13.8 Å². The highest BCUT2D eigenvalue weighted by molar-refractivity contribution is 6.22. The number of nitrogens with zero attached hydrogens (tertiary/aromatic N) is 4. The molecular weight excluding hydrogens is 396 g/mol. The maximum absolute atomic E-state index is 13.0. The van der Waals surface area contributed by atoms with Crippen LogP contribution < -0.4 is 0 Å². The second-order valence-electron chi connectivity index (χ2n) is 8.30. The summed E-state index contributed by atoms with van der Waals surface area (Å²) in [5.74, 6) is -0.0988. The number of aromatic nitrogens is 1. The molecule has 0 saturated carbocycles. The fraction of sp³-hybridized carbons (Fsp3) is 0.522. The molecular formula is C23H30N4O4. The molecule has 0 unspecified atom stereocenters. The van der Waals surface area contributed by atoms with Crippen molar-refractivity contribution >= 4 is 17.7 Å². The third kappa shape index (κ3) is 3.80. The summed E-state index contributed by atoms with van der Waals surface area (Å²) in [5, 5.41) is 0. The van der Waals surface area contributed by atoms with Gasteiger partial charge >= 0.3 is 0 Å². The van der Waals surface area contributed by atoms with E-state index in [1.807, 2.05) is 13.8 Å². The van der Waals surface area contributed by atoms with Crippen LogP contribution >= 0.6 is 0 Å². The molecule has 8 heteroatoms. The van der Waals surface area contributed by atoms with E-state index in [1.165, 1.54) is 11.2 Å². The number of carbonyl (C=O) groups excluding carboxylic acids is 3. The second-order valence-corrected chi connectivity index (χ2v) is 8.30. The SMILES string of the molecule is CCCCn1c(C)c2c(c1C)C(=O)N(CCN1CCN(C(=O)c3ccco3)CC1)C2=O. The van der Waals surface area contributed by atoms with Crippen molar-refractivity contribution in [3.63, 3.8) is 0 Å². The lowest BCUT2D eigenvalue weighted by Gasteiger charge is -2.34. The van der Waals surface area contributed by atoms with E-state index >= 15 is 0 Å². The van der Waals surface area contributed by atoms with Crippen molar-refractivity contribution in [1.82, 2.24) is 19.3 Å². The van der Waals surface area contributed by atoms with Crippen LogP contribution in [0.1, 0.15) is 62.4 Å². The molecule has 31 heavy (non-hydrogen) atoms. The summed E-state index contributed by atoms with van der Waals surface area (Å²) in [5.41, 5.74) is 2.94. The minimum atomic E-state index is -0.178. The quantitative estimate of drug-likeness (QED) is 0.636. The number of unbranched alkanes of at least 4 members (excludes halogenated alkanes) is 1. The number of piperazine rings is 1. The van der Waals surface area contributed by atoms with Gasteiger partial charge in [-0.1, -0.05) is 13.3 Å². The van der Waals surface area contributed by atoms with Gasteiger partial charge in [-0.05, 0) is 32.4 Å². The van der Waals surface area contributed by atoms with Crippen LogP contribution in [0.25, 0.3) is 0 Å². The van der Waals surface area contributed by atoms with Gasteiger partial charge in [-0.3, -0.25) is 24.2 Å². The lowest BCUT2D eigenvalue weighted by atomic mass is 10.1. The lowest BCUT2D eigenvalue weighted by molar-refractivity contribution is 0.0560. The average molecular weight is 427 g/mol. The van der Waals surface area contributed by atoms with Crippen molar-refractivity contribution < 1.29 is 18.8 Å². The summed E-state index contributed by atoms with van der Waals surface area (Å²) in [7, 11) is 0. The van der Waals surface area contributed by atoms with E-state index in [-0.39, 0.29) is 17.7 Å². The van der Waals surface area contributed by atoms with Crippen molar-refractivity contribution in [2.24, 2.45) is 0 Å². The van der Waals surface area contributed by atoms with Gasteiger partial charge in [0.05, 0.1) is 17.4 Å². The van der Waals surface area contributed by atoms with E-state index in [0.717, 1.165) is 30.8 Å².